The monoisotopic (exact) mass is 499 g/mol. The number of nitrogens with zero attached hydrogens (tertiary/aromatic N) is 1. The second-order valence-electron chi connectivity index (χ2n) is 4.28. The molecule has 113 valence electrons. The van der Waals surface area contributed by atoms with Gasteiger partial charge in [-0.3, -0.25) is 4.79 Å². The molecule has 1 aromatic carbocycles. The van der Waals surface area contributed by atoms with Gasteiger partial charge in [0.2, 0.25) is 5.56 Å². The van der Waals surface area contributed by atoms with Gasteiger partial charge in [-0.25, -0.2) is 0 Å². The zero-order valence-corrected chi connectivity index (χ0v) is 18.1. The van der Waals surface area contributed by atoms with E-state index in [0.29, 0.717) is 17.6 Å². The molecule has 0 aliphatic carbocycles. The van der Waals surface area contributed by atoms with Crippen LogP contribution in [0.3, 0.4) is 0 Å². The van der Waals surface area contributed by atoms with Crippen LogP contribution in [0, 0.1) is 6.07 Å². The van der Waals surface area contributed by atoms with Crippen LogP contribution in [-0.2, 0) is 39.3 Å². The standard InChI is InChI=1S/C16H14Br2NO2.Y/c1-3-9-21-11-5-6-12(14(18)10-11)15-8-7-13(17)16(20)19(15)4-2;/h3,5-7,10H,1,4,9H2,2H3;/q-1;. The van der Waals surface area contributed by atoms with Gasteiger partial charge < -0.3 is 9.30 Å². The zero-order valence-electron chi connectivity index (χ0n) is 12.1. The van der Waals surface area contributed by atoms with Gasteiger partial charge in [-0.1, -0.05) is 39.8 Å². The second kappa shape index (κ2) is 9.16. The second-order valence-corrected chi connectivity index (χ2v) is 5.98. The summed E-state index contributed by atoms with van der Waals surface area (Å²) >= 11 is 6.78. The van der Waals surface area contributed by atoms with Crippen molar-refractivity contribution in [2.45, 2.75) is 13.5 Å². The number of aromatic nitrogens is 1. The van der Waals surface area contributed by atoms with Crippen LogP contribution in [0.25, 0.3) is 11.3 Å². The van der Waals surface area contributed by atoms with Gasteiger partial charge in [0, 0.05) is 39.3 Å². The Morgan fingerprint density at radius 3 is 2.68 bits per heavy atom. The molecule has 0 unspecified atom stereocenters. The molecule has 0 saturated heterocycles. The van der Waals surface area contributed by atoms with Gasteiger partial charge in [-0.05, 0) is 28.0 Å². The molecule has 6 heteroatoms. The van der Waals surface area contributed by atoms with Crippen molar-refractivity contribution in [3.63, 3.8) is 0 Å². The minimum atomic E-state index is -0.0647. The Hall–Kier alpha value is -0.226. The van der Waals surface area contributed by atoms with E-state index in [4.69, 9.17) is 4.74 Å². The van der Waals surface area contributed by atoms with Crippen LogP contribution in [0.5, 0.6) is 5.75 Å². The first kappa shape index (κ1) is 19.8. The maximum atomic E-state index is 12.2. The smallest absolute Gasteiger partial charge is 0.208 e. The summed E-state index contributed by atoms with van der Waals surface area (Å²) in [6.07, 6.45) is 1.69. The van der Waals surface area contributed by atoms with Gasteiger partial charge in [0.05, 0.1) is 0 Å². The summed E-state index contributed by atoms with van der Waals surface area (Å²) in [5, 5.41) is 0. The Labute approximate surface area is 171 Å². The number of pyridine rings is 1. The molecule has 2 rings (SSSR count). The first-order valence-corrected chi connectivity index (χ1v) is 8.01. The molecule has 0 saturated carbocycles. The van der Waals surface area contributed by atoms with Gasteiger partial charge in [0.25, 0.3) is 0 Å². The summed E-state index contributed by atoms with van der Waals surface area (Å²) < 4.78 is 8.53. The van der Waals surface area contributed by atoms with Crippen LogP contribution in [0.15, 0.2) is 50.7 Å². The fraction of sp³-hybridized carbons (Fsp3) is 0.188. The Morgan fingerprint density at radius 1 is 1.36 bits per heavy atom. The number of benzene rings is 1. The van der Waals surface area contributed by atoms with Gasteiger partial charge in [0.1, 0.15) is 12.4 Å². The Kier molecular flexibility index (Phi) is 8.25. The number of ether oxygens (including phenoxy) is 1. The molecule has 0 bridgehead atoms. The fourth-order valence-electron chi connectivity index (χ4n) is 1.96. The van der Waals surface area contributed by atoms with Crippen molar-refractivity contribution in [1.29, 1.82) is 0 Å². The van der Waals surface area contributed by atoms with Crippen molar-refractivity contribution in [3.05, 3.63) is 62.3 Å². The van der Waals surface area contributed by atoms with E-state index in [-0.39, 0.29) is 38.3 Å². The van der Waals surface area contributed by atoms with Gasteiger partial charge in [-0.2, -0.15) is 12.1 Å². The third-order valence-corrected chi connectivity index (χ3v) is 4.16. The molecule has 0 aliphatic rings. The van der Waals surface area contributed by atoms with E-state index in [9.17, 15) is 4.79 Å². The molecule has 22 heavy (non-hydrogen) atoms. The molecule has 0 N–H and O–H groups in total. The van der Waals surface area contributed by atoms with E-state index in [1.54, 1.807) is 16.7 Å². The predicted molar refractivity (Wildman–Crippen MR) is 91.7 cm³/mol. The SMILES string of the molecule is C=CCOc1ccc(-c2[c-]cc(Br)c(=O)n2CC)c(Br)c1.[Y]. The average Bonchev–Trinajstić information content (AvgIpc) is 2.48. The molecular formula is C16H14Br2NO2Y-. The van der Waals surface area contributed by atoms with Crippen LogP contribution in [0.1, 0.15) is 6.92 Å². The maximum Gasteiger partial charge on any atom is 0.208 e. The minimum Gasteiger partial charge on any atom is -0.490 e. The molecule has 0 atom stereocenters. The van der Waals surface area contributed by atoms with Crippen molar-refractivity contribution in [1.82, 2.24) is 4.57 Å². The zero-order chi connectivity index (χ0) is 15.4. The number of rotatable bonds is 5. The molecule has 1 radical (unpaired) electrons. The summed E-state index contributed by atoms with van der Waals surface area (Å²) in [6.45, 7) is 6.58. The molecule has 0 amide bonds. The maximum absolute atomic E-state index is 12.2. The largest absolute Gasteiger partial charge is 0.490 e. The summed E-state index contributed by atoms with van der Waals surface area (Å²) in [5.74, 6) is 0.744. The van der Waals surface area contributed by atoms with Crippen molar-refractivity contribution in [2.75, 3.05) is 6.61 Å². The molecular weight excluding hydrogens is 487 g/mol. The Bertz CT molecular complexity index is 729. The van der Waals surface area contributed by atoms with Crippen LogP contribution < -0.4 is 10.3 Å². The fourth-order valence-corrected chi connectivity index (χ4v) is 2.83. The van der Waals surface area contributed by atoms with Gasteiger partial charge in [-0.15, -0.1) is 22.0 Å². The van der Waals surface area contributed by atoms with Gasteiger partial charge in [0.15, 0.2) is 0 Å². The first-order valence-electron chi connectivity index (χ1n) is 6.43. The van der Waals surface area contributed by atoms with Crippen LogP contribution in [-0.4, -0.2) is 11.2 Å². The van der Waals surface area contributed by atoms with Crippen molar-refractivity contribution < 1.29 is 37.4 Å². The predicted octanol–water partition coefficient (Wildman–Crippen LogP) is 4.42. The molecule has 2 aromatic rings. The molecule has 0 spiro atoms. The number of halogens is 2. The minimum absolute atomic E-state index is 0. The van der Waals surface area contributed by atoms with Crippen LogP contribution in [0.4, 0.5) is 0 Å². The molecule has 0 fully saturated rings. The third-order valence-electron chi connectivity index (χ3n) is 2.93. The Morgan fingerprint density at radius 2 is 2.09 bits per heavy atom. The van der Waals surface area contributed by atoms with E-state index in [2.05, 4.69) is 44.5 Å². The van der Waals surface area contributed by atoms with Crippen molar-refractivity contribution >= 4 is 31.9 Å². The molecule has 3 nitrogen and oxygen atoms in total. The summed E-state index contributed by atoms with van der Waals surface area (Å²) in [7, 11) is 0. The van der Waals surface area contributed by atoms with Crippen molar-refractivity contribution in [3.8, 4) is 17.0 Å². The third kappa shape index (κ3) is 4.41. The van der Waals surface area contributed by atoms with E-state index < -0.39 is 0 Å². The van der Waals surface area contributed by atoms with Gasteiger partial charge >= 0.3 is 0 Å². The van der Waals surface area contributed by atoms with E-state index in [1.807, 2.05) is 25.1 Å². The quantitative estimate of drug-likeness (QED) is 0.449. The number of hydrogen-bond acceptors (Lipinski definition) is 2. The topological polar surface area (TPSA) is 31.2 Å². The average molecular weight is 501 g/mol. The van der Waals surface area contributed by atoms with E-state index in [1.165, 1.54) is 0 Å². The number of hydrogen-bond donors (Lipinski definition) is 0. The Balaban J connectivity index is 0.00000242. The van der Waals surface area contributed by atoms with Crippen molar-refractivity contribution in [2.24, 2.45) is 0 Å². The van der Waals surface area contributed by atoms with E-state index >= 15 is 0 Å². The summed E-state index contributed by atoms with van der Waals surface area (Å²) in [6, 6.07) is 10.4. The molecule has 1 aromatic heterocycles. The summed E-state index contributed by atoms with van der Waals surface area (Å²) in [5.41, 5.74) is 1.57. The molecule has 1 heterocycles. The molecule has 0 aliphatic heterocycles. The summed E-state index contributed by atoms with van der Waals surface area (Å²) in [4.78, 5) is 12.2. The van der Waals surface area contributed by atoms with Crippen LogP contribution in [0.2, 0.25) is 0 Å². The normalized spacial score (nSPS) is 9.95. The first-order chi connectivity index (χ1) is 10.1. The van der Waals surface area contributed by atoms with Crippen LogP contribution >= 0.6 is 31.9 Å². The van der Waals surface area contributed by atoms with E-state index in [0.717, 1.165) is 21.5 Å².